The zero-order valence-electron chi connectivity index (χ0n) is 17.2. The van der Waals surface area contributed by atoms with Crippen LogP contribution < -0.4 is 20.3 Å². The number of carbonyl (C=O) groups is 1. The molecule has 1 aromatic carbocycles. The van der Waals surface area contributed by atoms with Crippen LogP contribution in [0.4, 0.5) is 16.3 Å². The molecular weight excluding hydrogens is 394 g/mol. The average molecular weight is 419 g/mol. The number of nitrogens with one attached hydrogen (secondary N) is 2. The molecule has 0 atom stereocenters. The van der Waals surface area contributed by atoms with Crippen LogP contribution in [-0.2, 0) is 17.9 Å². The quantitative estimate of drug-likeness (QED) is 0.611. The monoisotopic (exact) mass is 419 g/mol. The highest BCUT2D eigenvalue weighted by Crippen LogP contribution is 2.20. The molecular formula is C23H25N5O3. The van der Waals surface area contributed by atoms with Crippen molar-refractivity contribution in [3.63, 3.8) is 0 Å². The lowest BCUT2D eigenvalue weighted by Crippen LogP contribution is -2.38. The molecule has 1 saturated heterocycles. The predicted octanol–water partition coefficient (Wildman–Crippen LogP) is 3.21. The van der Waals surface area contributed by atoms with E-state index in [4.69, 9.17) is 9.47 Å². The zero-order valence-corrected chi connectivity index (χ0v) is 17.2. The Balaban J connectivity index is 1.31. The second-order valence-electron chi connectivity index (χ2n) is 7.03. The molecule has 4 rings (SSSR count). The molecule has 3 heterocycles. The van der Waals surface area contributed by atoms with Gasteiger partial charge < -0.3 is 25.0 Å². The summed E-state index contributed by atoms with van der Waals surface area (Å²) in [6, 6.07) is 16.5. The summed E-state index contributed by atoms with van der Waals surface area (Å²) >= 11 is 0. The molecule has 0 bridgehead atoms. The third-order valence-corrected chi connectivity index (χ3v) is 4.82. The van der Waals surface area contributed by atoms with Crippen molar-refractivity contribution in [2.24, 2.45) is 0 Å². The standard InChI is InChI=1S/C23H25N5O3/c29-23(26-16-18-5-4-10-25-22(18)28-11-13-30-14-12-28)27-19-7-3-8-21(15-19)31-17-20-6-1-2-9-24-20/h1-10,15H,11-14,16-17H2,(H2,26,27,29). The Bertz CT molecular complexity index is 993. The molecule has 1 fully saturated rings. The fourth-order valence-electron chi connectivity index (χ4n) is 3.28. The molecule has 0 aliphatic carbocycles. The first kappa shape index (κ1) is 20.6. The highest BCUT2D eigenvalue weighted by atomic mass is 16.5. The molecule has 2 aromatic heterocycles. The molecule has 31 heavy (non-hydrogen) atoms. The molecule has 3 aromatic rings. The predicted molar refractivity (Wildman–Crippen MR) is 118 cm³/mol. The Kier molecular flexibility index (Phi) is 6.92. The molecule has 8 heteroatoms. The number of morpholine rings is 1. The number of hydrogen-bond donors (Lipinski definition) is 2. The summed E-state index contributed by atoms with van der Waals surface area (Å²) in [6.07, 6.45) is 3.50. The number of urea groups is 1. The topological polar surface area (TPSA) is 88.6 Å². The maximum absolute atomic E-state index is 12.4. The van der Waals surface area contributed by atoms with E-state index in [9.17, 15) is 4.79 Å². The van der Waals surface area contributed by atoms with E-state index in [-0.39, 0.29) is 6.03 Å². The normalized spacial score (nSPS) is 13.5. The summed E-state index contributed by atoms with van der Waals surface area (Å²) in [5.74, 6) is 1.54. The Morgan fingerprint density at radius 1 is 1.03 bits per heavy atom. The van der Waals surface area contributed by atoms with Gasteiger partial charge in [-0.25, -0.2) is 9.78 Å². The van der Waals surface area contributed by atoms with Crippen molar-refractivity contribution in [3.05, 3.63) is 78.2 Å². The van der Waals surface area contributed by atoms with E-state index < -0.39 is 0 Å². The van der Waals surface area contributed by atoms with E-state index in [0.717, 1.165) is 30.2 Å². The second-order valence-corrected chi connectivity index (χ2v) is 7.03. The molecule has 8 nitrogen and oxygen atoms in total. The highest BCUT2D eigenvalue weighted by Gasteiger charge is 2.16. The Morgan fingerprint density at radius 3 is 2.74 bits per heavy atom. The number of aromatic nitrogens is 2. The van der Waals surface area contributed by atoms with Crippen LogP contribution in [0.1, 0.15) is 11.3 Å². The number of ether oxygens (including phenoxy) is 2. The number of benzene rings is 1. The lowest BCUT2D eigenvalue weighted by molar-refractivity contribution is 0.122. The van der Waals surface area contributed by atoms with E-state index >= 15 is 0 Å². The van der Waals surface area contributed by atoms with Crippen LogP contribution in [0.5, 0.6) is 5.75 Å². The van der Waals surface area contributed by atoms with Crippen molar-refractivity contribution < 1.29 is 14.3 Å². The Labute approximate surface area is 181 Å². The molecule has 0 radical (unpaired) electrons. The number of hydrogen-bond acceptors (Lipinski definition) is 6. The van der Waals surface area contributed by atoms with Gasteiger partial charge in [0.15, 0.2) is 0 Å². The van der Waals surface area contributed by atoms with Crippen molar-refractivity contribution in [1.82, 2.24) is 15.3 Å². The van der Waals surface area contributed by atoms with E-state index in [0.29, 0.717) is 37.8 Å². The van der Waals surface area contributed by atoms with Crippen LogP contribution in [0, 0.1) is 0 Å². The van der Waals surface area contributed by atoms with Gasteiger partial charge in [0, 0.05) is 49.3 Å². The number of amides is 2. The van der Waals surface area contributed by atoms with Gasteiger partial charge in [-0.2, -0.15) is 0 Å². The van der Waals surface area contributed by atoms with Crippen LogP contribution >= 0.6 is 0 Å². The van der Waals surface area contributed by atoms with Crippen LogP contribution in [0.2, 0.25) is 0 Å². The van der Waals surface area contributed by atoms with Gasteiger partial charge in [0.2, 0.25) is 0 Å². The van der Waals surface area contributed by atoms with Crippen LogP contribution in [0.25, 0.3) is 0 Å². The summed E-state index contributed by atoms with van der Waals surface area (Å²) in [5.41, 5.74) is 2.45. The average Bonchev–Trinajstić information content (AvgIpc) is 2.83. The van der Waals surface area contributed by atoms with Gasteiger partial charge in [0.25, 0.3) is 0 Å². The van der Waals surface area contributed by atoms with E-state index in [1.165, 1.54) is 0 Å². The van der Waals surface area contributed by atoms with Gasteiger partial charge in [-0.1, -0.05) is 18.2 Å². The van der Waals surface area contributed by atoms with Crippen LogP contribution in [-0.4, -0.2) is 42.3 Å². The van der Waals surface area contributed by atoms with Crippen molar-refractivity contribution in [2.75, 3.05) is 36.5 Å². The smallest absolute Gasteiger partial charge is 0.319 e. The maximum Gasteiger partial charge on any atom is 0.319 e. The fraction of sp³-hybridized carbons (Fsp3) is 0.261. The lowest BCUT2D eigenvalue weighted by Gasteiger charge is -2.29. The molecule has 1 aliphatic heterocycles. The van der Waals surface area contributed by atoms with Gasteiger partial charge in [-0.15, -0.1) is 0 Å². The third kappa shape index (κ3) is 5.93. The van der Waals surface area contributed by atoms with Crippen LogP contribution in [0.3, 0.4) is 0 Å². The Hall–Kier alpha value is -3.65. The number of rotatable bonds is 7. The summed E-state index contributed by atoms with van der Waals surface area (Å²) in [5, 5.41) is 5.76. The van der Waals surface area contributed by atoms with Gasteiger partial charge in [-0.05, 0) is 30.3 Å². The minimum atomic E-state index is -0.293. The molecule has 0 saturated carbocycles. The van der Waals surface area contributed by atoms with Crippen molar-refractivity contribution in [2.45, 2.75) is 13.2 Å². The van der Waals surface area contributed by atoms with E-state index in [1.807, 2.05) is 48.5 Å². The van der Waals surface area contributed by atoms with E-state index in [1.54, 1.807) is 18.5 Å². The van der Waals surface area contributed by atoms with Crippen molar-refractivity contribution in [3.8, 4) is 5.75 Å². The van der Waals surface area contributed by atoms with Gasteiger partial charge in [0.05, 0.1) is 18.9 Å². The first-order valence-electron chi connectivity index (χ1n) is 10.2. The third-order valence-electron chi connectivity index (χ3n) is 4.82. The summed E-state index contributed by atoms with van der Waals surface area (Å²) in [6.45, 7) is 3.69. The van der Waals surface area contributed by atoms with Gasteiger partial charge >= 0.3 is 6.03 Å². The second kappa shape index (κ2) is 10.4. The Morgan fingerprint density at radius 2 is 1.90 bits per heavy atom. The molecule has 160 valence electrons. The van der Waals surface area contributed by atoms with E-state index in [2.05, 4.69) is 25.5 Å². The molecule has 1 aliphatic rings. The first-order valence-corrected chi connectivity index (χ1v) is 10.2. The SMILES string of the molecule is O=C(NCc1cccnc1N1CCOCC1)Nc1cccc(OCc2ccccn2)c1. The molecule has 2 N–H and O–H groups in total. The molecule has 0 spiro atoms. The minimum Gasteiger partial charge on any atom is -0.487 e. The van der Waals surface area contributed by atoms with Crippen molar-refractivity contribution >= 4 is 17.5 Å². The number of nitrogens with zero attached hydrogens (tertiary/aromatic N) is 3. The molecule has 0 unspecified atom stereocenters. The number of carbonyl (C=O) groups excluding carboxylic acids is 1. The first-order chi connectivity index (χ1) is 15.3. The van der Waals surface area contributed by atoms with Crippen LogP contribution in [0.15, 0.2) is 67.0 Å². The van der Waals surface area contributed by atoms with Crippen molar-refractivity contribution in [1.29, 1.82) is 0 Å². The molecule has 2 amide bonds. The number of anilines is 2. The zero-order chi connectivity index (χ0) is 21.3. The minimum absolute atomic E-state index is 0.293. The highest BCUT2D eigenvalue weighted by molar-refractivity contribution is 5.89. The largest absolute Gasteiger partial charge is 0.487 e. The van der Waals surface area contributed by atoms with Gasteiger partial charge in [0.1, 0.15) is 18.2 Å². The summed E-state index contributed by atoms with van der Waals surface area (Å²) in [7, 11) is 0. The maximum atomic E-state index is 12.4. The fourth-order valence-corrected chi connectivity index (χ4v) is 3.28. The lowest BCUT2D eigenvalue weighted by atomic mass is 10.2. The number of pyridine rings is 2. The van der Waals surface area contributed by atoms with Gasteiger partial charge in [-0.3, -0.25) is 4.98 Å². The summed E-state index contributed by atoms with van der Waals surface area (Å²) in [4.78, 5) is 23.4. The summed E-state index contributed by atoms with van der Waals surface area (Å²) < 4.78 is 11.2.